The summed E-state index contributed by atoms with van der Waals surface area (Å²) in [4.78, 5) is 35.8. The highest BCUT2D eigenvalue weighted by molar-refractivity contribution is 6.01. The van der Waals surface area contributed by atoms with Crippen LogP contribution in [0.15, 0.2) is 48.7 Å². The number of nitrogens with zero attached hydrogens (tertiary/aromatic N) is 3. The molecule has 1 aromatic heterocycles. The molecule has 0 saturated carbocycles. The molecule has 2 heterocycles. The Morgan fingerprint density at radius 1 is 1.25 bits per heavy atom. The third kappa shape index (κ3) is 3.38. The molecule has 2 amide bonds. The summed E-state index contributed by atoms with van der Waals surface area (Å²) in [5.41, 5.74) is 3.70. The van der Waals surface area contributed by atoms with Gasteiger partial charge in [0.15, 0.2) is 0 Å². The van der Waals surface area contributed by atoms with Crippen LogP contribution in [0.4, 0.5) is 5.69 Å². The van der Waals surface area contributed by atoms with Crippen LogP contribution in [0.1, 0.15) is 23.6 Å². The van der Waals surface area contributed by atoms with Gasteiger partial charge in [0.05, 0.1) is 42.5 Å². The summed E-state index contributed by atoms with van der Waals surface area (Å²) >= 11 is 0. The Morgan fingerprint density at radius 2 is 2.04 bits per heavy atom. The van der Waals surface area contributed by atoms with Crippen LogP contribution in [0.2, 0.25) is 0 Å². The molecule has 142 valence electrons. The van der Waals surface area contributed by atoms with Crippen LogP contribution >= 0.6 is 0 Å². The van der Waals surface area contributed by atoms with Crippen molar-refractivity contribution in [2.75, 3.05) is 19.5 Å². The highest BCUT2D eigenvalue weighted by Gasteiger charge is 2.33. The number of ether oxygens (including phenoxy) is 1. The zero-order valence-corrected chi connectivity index (χ0v) is 15.7. The molecule has 7 nitrogen and oxygen atoms in total. The van der Waals surface area contributed by atoms with Gasteiger partial charge in [-0.2, -0.15) is 0 Å². The first-order chi connectivity index (χ1) is 13.5. The van der Waals surface area contributed by atoms with Crippen LogP contribution in [0, 0.1) is 0 Å². The van der Waals surface area contributed by atoms with Crippen LogP contribution in [-0.4, -0.2) is 40.8 Å². The van der Waals surface area contributed by atoms with E-state index in [1.165, 1.54) is 0 Å². The van der Waals surface area contributed by atoms with Crippen LogP contribution in [0.5, 0.6) is 5.75 Å². The second kappa shape index (κ2) is 7.26. The molecule has 0 saturated heterocycles. The lowest BCUT2D eigenvalue weighted by Crippen LogP contribution is -2.36. The summed E-state index contributed by atoms with van der Waals surface area (Å²) < 4.78 is 5.28. The number of carbonyl (C=O) groups excluding carboxylic acids is 2. The normalized spacial score (nSPS) is 15.6. The van der Waals surface area contributed by atoms with Gasteiger partial charge in [0.25, 0.3) is 0 Å². The van der Waals surface area contributed by atoms with Crippen molar-refractivity contribution in [3.8, 4) is 5.75 Å². The highest BCUT2D eigenvalue weighted by Crippen LogP contribution is 2.36. The number of methoxy groups -OCH3 is 1. The fourth-order valence-corrected chi connectivity index (χ4v) is 3.45. The fourth-order valence-electron chi connectivity index (χ4n) is 3.45. The number of fused-ring (bicyclic) bond motifs is 2. The van der Waals surface area contributed by atoms with Crippen molar-refractivity contribution in [1.29, 1.82) is 0 Å². The van der Waals surface area contributed by atoms with E-state index in [0.717, 1.165) is 16.6 Å². The molecule has 28 heavy (non-hydrogen) atoms. The molecular weight excluding hydrogens is 356 g/mol. The van der Waals surface area contributed by atoms with Gasteiger partial charge in [-0.05, 0) is 35.9 Å². The Labute approximate surface area is 162 Å². The van der Waals surface area contributed by atoms with Gasteiger partial charge in [0.2, 0.25) is 11.8 Å². The van der Waals surface area contributed by atoms with E-state index in [4.69, 9.17) is 4.74 Å². The Kier molecular flexibility index (Phi) is 4.65. The van der Waals surface area contributed by atoms with Crippen LogP contribution in [0.25, 0.3) is 11.0 Å². The Balaban J connectivity index is 1.59. The minimum atomic E-state index is -0.558. The van der Waals surface area contributed by atoms with E-state index >= 15 is 0 Å². The quantitative estimate of drug-likeness (QED) is 0.757. The minimum absolute atomic E-state index is 0.104. The molecule has 1 atom stereocenters. The van der Waals surface area contributed by atoms with Crippen LogP contribution in [0.3, 0.4) is 0 Å². The molecule has 3 aromatic rings. The number of hydrogen-bond donors (Lipinski definition) is 1. The standard InChI is InChI=1S/C21H20N4O3/c1-25(12-13-11-22-18-5-3-4-6-19(18)23-13)21(27)16-10-20(26)24-17-8-7-14(28-2)9-15(16)17/h3-9,11,16H,10,12H2,1-2H3,(H,24,26)/t16-/m1/s1. The zero-order chi connectivity index (χ0) is 19.7. The van der Waals surface area contributed by atoms with Gasteiger partial charge in [-0.1, -0.05) is 12.1 Å². The molecule has 2 aromatic carbocycles. The van der Waals surface area contributed by atoms with Crippen molar-refractivity contribution in [2.45, 2.75) is 18.9 Å². The summed E-state index contributed by atoms with van der Waals surface area (Å²) in [6.45, 7) is 0.314. The van der Waals surface area contributed by atoms with Gasteiger partial charge < -0.3 is 15.0 Å². The number of amides is 2. The van der Waals surface area contributed by atoms with E-state index in [2.05, 4.69) is 15.3 Å². The fraction of sp³-hybridized carbons (Fsp3) is 0.238. The SMILES string of the molecule is COc1ccc2c(c1)[C@H](C(=O)N(C)Cc1cnc3ccccc3n1)CC(=O)N2. The van der Waals surface area contributed by atoms with E-state index in [1.54, 1.807) is 43.5 Å². The molecular formula is C21H20N4O3. The van der Waals surface area contributed by atoms with E-state index in [0.29, 0.717) is 23.7 Å². The number of anilines is 1. The number of aromatic nitrogens is 2. The summed E-state index contributed by atoms with van der Waals surface area (Å²) in [6.07, 6.45) is 1.78. The molecule has 1 N–H and O–H groups in total. The summed E-state index contributed by atoms with van der Waals surface area (Å²) in [6, 6.07) is 12.9. The van der Waals surface area contributed by atoms with E-state index in [-0.39, 0.29) is 18.2 Å². The van der Waals surface area contributed by atoms with Gasteiger partial charge in [0.1, 0.15) is 5.75 Å². The molecule has 0 fully saturated rings. The predicted molar refractivity (Wildman–Crippen MR) is 105 cm³/mol. The Bertz CT molecular complexity index is 1070. The second-order valence-electron chi connectivity index (χ2n) is 6.80. The van der Waals surface area contributed by atoms with Crippen molar-refractivity contribution in [3.63, 3.8) is 0 Å². The van der Waals surface area contributed by atoms with Crippen molar-refractivity contribution >= 4 is 28.5 Å². The molecule has 1 aliphatic heterocycles. The molecule has 0 aliphatic carbocycles. The number of likely N-dealkylation sites (N-methyl/N-ethyl adjacent to an activating group) is 1. The van der Waals surface area contributed by atoms with Crippen molar-refractivity contribution < 1.29 is 14.3 Å². The number of hydrogen-bond acceptors (Lipinski definition) is 5. The largest absolute Gasteiger partial charge is 0.497 e. The van der Waals surface area contributed by atoms with Crippen LogP contribution in [-0.2, 0) is 16.1 Å². The second-order valence-corrected chi connectivity index (χ2v) is 6.80. The first kappa shape index (κ1) is 17.9. The lowest BCUT2D eigenvalue weighted by atomic mass is 9.89. The van der Waals surface area contributed by atoms with Crippen molar-refractivity contribution in [2.24, 2.45) is 0 Å². The molecule has 0 spiro atoms. The highest BCUT2D eigenvalue weighted by atomic mass is 16.5. The number of rotatable bonds is 4. The van der Waals surface area contributed by atoms with E-state index in [1.807, 2.05) is 24.3 Å². The topological polar surface area (TPSA) is 84.4 Å². The third-order valence-corrected chi connectivity index (χ3v) is 4.87. The van der Waals surface area contributed by atoms with Crippen molar-refractivity contribution in [3.05, 3.63) is 59.9 Å². The minimum Gasteiger partial charge on any atom is -0.497 e. The Hall–Kier alpha value is -3.48. The van der Waals surface area contributed by atoms with Gasteiger partial charge in [-0.3, -0.25) is 14.6 Å². The zero-order valence-electron chi connectivity index (χ0n) is 15.7. The van der Waals surface area contributed by atoms with Gasteiger partial charge in [-0.15, -0.1) is 0 Å². The Morgan fingerprint density at radius 3 is 2.82 bits per heavy atom. The molecule has 7 heteroatoms. The average molecular weight is 376 g/mol. The average Bonchev–Trinajstić information content (AvgIpc) is 2.72. The molecule has 0 bridgehead atoms. The van der Waals surface area contributed by atoms with Gasteiger partial charge in [0, 0.05) is 19.2 Å². The molecule has 0 radical (unpaired) electrons. The van der Waals surface area contributed by atoms with Crippen LogP contribution < -0.4 is 10.1 Å². The van der Waals surface area contributed by atoms with Gasteiger partial charge in [-0.25, -0.2) is 4.98 Å². The maximum atomic E-state index is 13.1. The number of para-hydroxylation sites is 2. The molecule has 4 rings (SSSR count). The van der Waals surface area contributed by atoms with Gasteiger partial charge >= 0.3 is 0 Å². The monoisotopic (exact) mass is 376 g/mol. The summed E-state index contributed by atoms with van der Waals surface area (Å²) in [5.74, 6) is -0.220. The smallest absolute Gasteiger partial charge is 0.230 e. The predicted octanol–water partition coefficient (Wildman–Crippen LogP) is 2.72. The maximum absolute atomic E-state index is 13.1. The number of nitrogens with one attached hydrogen (secondary N) is 1. The molecule has 1 aliphatic rings. The summed E-state index contributed by atoms with van der Waals surface area (Å²) in [5, 5.41) is 2.82. The van der Waals surface area contributed by atoms with E-state index in [9.17, 15) is 9.59 Å². The first-order valence-electron chi connectivity index (χ1n) is 8.98. The number of carbonyl (C=O) groups is 2. The lowest BCUT2D eigenvalue weighted by Gasteiger charge is -2.28. The first-order valence-corrected chi connectivity index (χ1v) is 8.98. The molecule has 0 unspecified atom stereocenters. The van der Waals surface area contributed by atoms with Crippen molar-refractivity contribution in [1.82, 2.24) is 14.9 Å². The number of benzene rings is 2. The maximum Gasteiger partial charge on any atom is 0.230 e. The van der Waals surface area contributed by atoms with E-state index < -0.39 is 5.92 Å². The summed E-state index contributed by atoms with van der Waals surface area (Å²) in [7, 11) is 3.29. The third-order valence-electron chi connectivity index (χ3n) is 4.87. The lowest BCUT2D eigenvalue weighted by molar-refractivity contribution is -0.134.